The molecule has 1 aliphatic heterocycles. The lowest BCUT2D eigenvalue weighted by Crippen LogP contribution is -2.49. The molecule has 5 nitrogen and oxygen atoms in total. The number of fused-ring (bicyclic) bond motifs is 1. The van der Waals surface area contributed by atoms with Gasteiger partial charge < -0.3 is 10.5 Å². The lowest BCUT2D eigenvalue weighted by molar-refractivity contribution is -0.123. The molecule has 0 spiro atoms. The minimum Gasteiger partial charge on any atom is -0.494 e. The number of carbonyl (C=O) groups excluding carboxylic acids is 1. The topological polar surface area (TPSA) is 79.3 Å². The van der Waals surface area contributed by atoms with Gasteiger partial charge in [0.05, 0.1) is 24.3 Å². The first-order valence-electron chi connectivity index (χ1n) is 8.40. The molecule has 0 aromatic heterocycles. The summed E-state index contributed by atoms with van der Waals surface area (Å²) in [6.45, 7) is 2.04. The van der Waals surface area contributed by atoms with Gasteiger partial charge in [-0.2, -0.15) is 5.26 Å². The predicted octanol–water partition coefficient (Wildman–Crippen LogP) is 2.24. The van der Waals surface area contributed by atoms with Crippen molar-refractivity contribution in [2.45, 2.75) is 25.4 Å². The van der Waals surface area contributed by atoms with Crippen LogP contribution in [-0.2, 0) is 17.8 Å². The Morgan fingerprint density at radius 3 is 2.60 bits per heavy atom. The summed E-state index contributed by atoms with van der Waals surface area (Å²) in [5.41, 5.74) is 8.68. The number of benzene rings is 2. The van der Waals surface area contributed by atoms with Gasteiger partial charge in [0.2, 0.25) is 5.91 Å². The van der Waals surface area contributed by atoms with E-state index in [9.17, 15) is 4.79 Å². The van der Waals surface area contributed by atoms with Crippen LogP contribution in [0.15, 0.2) is 48.5 Å². The van der Waals surface area contributed by atoms with Crippen LogP contribution in [-0.4, -0.2) is 30.0 Å². The molecule has 1 atom stereocenters. The van der Waals surface area contributed by atoms with E-state index in [-0.39, 0.29) is 11.9 Å². The van der Waals surface area contributed by atoms with E-state index in [1.54, 1.807) is 24.3 Å². The molecule has 1 aliphatic rings. The van der Waals surface area contributed by atoms with Crippen molar-refractivity contribution < 1.29 is 9.53 Å². The molecule has 3 rings (SSSR count). The van der Waals surface area contributed by atoms with Crippen LogP contribution in [0.25, 0.3) is 0 Å². The monoisotopic (exact) mass is 335 g/mol. The number of ether oxygens (including phenoxy) is 1. The van der Waals surface area contributed by atoms with E-state index in [2.05, 4.69) is 23.1 Å². The molecule has 1 amide bonds. The minimum atomic E-state index is -0.275. The smallest absolute Gasteiger partial charge is 0.235 e. The SMILES string of the molecule is N#Cc1ccc(OCCCN2Cc3ccccc3C[C@H]2C(N)=O)cc1. The summed E-state index contributed by atoms with van der Waals surface area (Å²) in [4.78, 5) is 13.9. The van der Waals surface area contributed by atoms with E-state index in [0.717, 1.165) is 25.3 Å². The molecule has 128 valence electrons. The molecule has 0 bridgehead atoms. The fourth-order valence-electron chi connectivity index (χ4n) is 3.18. The van der Waals surface area contributed by atoms with Gasteiger partial charge in [-0.3, -0.25) is 9.69 Å². The summed E-state index contributed by atoms with van der Waals surface area (Å²) >= 11 is 0. The van der Waals surface area contributed by atoms with E-state index < -0.39 is 0 Å². The molecular formula is C20H21N3O2. The Labute approximate surface area is 147 Å². The highest BCUT2D eigenvalue weighted by Crippen LogP contribution is 2.23. The van der Waals surface area contributed by atoms with Crippen LogP contribution in [0, 0.1) is 11.3 Å². The van der Waals surface area contributed by atoms with Crippen LogP contribution in [0.4, 0.5) is 0 Å². The molecule has 0 radical (unpaired) electrons. The maximum atomic E-state index is 11.8. The maximum Gasteiger partial charge on any atom is 0.235 e. The highest BCUT2D eigenvalue weighted by atomic mass is 16.5. The van der Waals surface area contributed by atoms with E-state index in [1.807, 2.05) is 12.1 Å². The molecule has 0 fully saturated rings. The molecule has 5 heteroatoms. The van der Waals surface area contributed by atoms with Crippen LogP contribution in [0.1, 0.15) is 23.1 Å². The van der Waals surface area contributed by atoms with Gasteiger partial charge in [0.1, 0.15) is 5.75 Å². The second-order valence-electron chi connectivity index (χ2n) is 6.20. The summed E-state index contributed by atoms with van der Waals surface area (Å²) in [6.07, 6.45) is 1.47. The Balaban J connectivity index is 1.54. The number of primary amides is 1. The van der Waals surface area contributed by atoms with E-state index in [1.165, 1.54) is 11.1 Å². The summed E-state index contributed by atoms with van der Waals surface area (Å²) in [7, 11) is 0. The first-order valence-corrected chi connectivity index (χ1v) is 8.40. The minimum absolute atomic E-state index is 0.259. The highest BCUT2D eigenvalue weighted by Gasteiger charge is 2.29. The molecular weight excluding hydrogens is 314 g/mol. The van der Waals surface area contributed by atoms with E-state index in [4.69, 9.17) is 15.7 Å². The van der Waals surface area contributed by atoms with Gasteiger partial charge in [0.15, 0.2) is 0 Å². The molecule has 2 aromatic carbocycles. The van der Waals surface area contributed by atoms with Crippen LogP contribution in [0.2, 0.25) is 0 Å². The number of hydrogen-bond acceptors (Lipinski definition) is 4. The molecule has 25 heavy (non-hydrogen) atoms. The Kier molecular flexibility index (Phi) is 5.32. The van der Waals surface area contributed by atoms with Crippen molar-refractivity contribution in [2.24, 2.45) is 5.73 Å². The molecule has 0 saturated heterocycles. The van der Waals surface area contributed by atoms with Crippen molar-refractivity contribution in [3.63, 3.8) is 0 Å². The van der Waals surface area contributed by atoms with Crippen LogP contribution >= 0.6 is 0 Å². The molecule has 0 saturated carbocycles. The summed E-state index contributed by atoms with van der Waals surface area (Å²) in [5, 5.41) is 8.79. The van der Waals surface area contributed by atoms with Gasteiger partial charge in [-0.05, 0) is 48.2 Å². The Hall–Kier alpha value is -2.84. The molecule has 0 aliphatic carbocycles. The van der Waals surface area contributed by atoms with Gasteiger partial charge in [0, 0.05) is 13.1 Å². The third-order valence-electron chi connectivity index (χ3n) is 4.52. The van der Waals surface area contributed by atoms with Crippen LogP contribution in [0.5, 0.6) is 5.75 Å². The third-order valence-corrected chi connectivity index (χ3v) is 4.52. The fourth-order valence-corrected chi connectivity index (χ4v) is 3.18. The Morgan fingerprint density at radius 1 is 1.20 bits per heavy atom. The van der Waals surface area contributed by atoms with Crippen molar-refractivity contribution in [3.8, 4) is 11.8 Å². The van der Waals surface area contributed by atoms with Crippen molar-refractivity contribution in [1.82, 2.24) is 4.90 Å². The zero-order valence-corrected chi connectivity index (χ0v) is 14.0. The molecule has 2 aromatic rings. The summed E-state index contributed by atoms with van der Waals surface area (Å²) < 4.78 is 5.71. The largest absolute Gasteiger partial charge is 0.494 e. The number of rotatable bonds is 6. The Morgan fingerprint density at radius 2 is 1.92 bits per heavy atom. The van der Waals surface area contributed by atoms with Crippen LogP contribution in [0.3, 0.4) is 0 Å². The van der Waals surface area contributed by atoms with Gasteiger partial charge in [-0.1, -0.05) is 24.3 Å². The van der Waals surface area contributed by atoms with E-state index in [0.29, 0.717) is 18.6 Å². The van der Waals surface area contributed by atoms with E-state index >= 15 is 0 Å². The average molecular weight is 335 g/mol. The molecule has 0 unspecified atom stereocenters. The number of nitrogens with two attached hydrogens (primary N) is 1. The first-order chi connectivity index (χ1) is 12.2. The Bertz CT molecular complexity index is 780. The number of carbonyl (C=O) groups is 1. The average Bonchev–Trinajstić information content (AvgIpc) is 2.65. The zero-order valence-electron chi connectivity index (χ0n) is 14.0. The summed E-state index contributed by atoms with van der Waals surface area (Å²) in [5.74, 6) is 0.469. The second-order valence-corrected chi connectivity index (χ2v) is 6.20. The first kappa shape index (κ1) is 17.0. The van der Waals surface area contributed by atoms with Gasteiger partial charge >= 0.3 is 0 Å². The number of nitrogens with zero attached hydrogens (tertiary/aromatic N) is 2. The molecule has 1 heterocycles. The van der Waals surface area contributed by atoms with Crippen molar-refractivity contribution in [3.05, 3.63) is 65.2 Å². The highest BCUT2D eigenvalue weighted by molar-refractivity contribution is 5.80. The molecule has 2 N–H and O–H groups in total. The third kappa shape index (κ3) is 4.17. The summed E-state index contributed by atoms with van der Waals surface area (Å²) in [6, 6.07) is 17.1. The van der Waals surface area contributed by atoms with Crippen molar-refractivity contribution in [1.29, 1.82) is 5.26 Å². The predicted molar refractivity (Wildman–Crippen MR) is 94.8 cm³/mol. The van der Waals surface area contributed by atoms with Gasteiger partial charge in [-0.15, -0.1) is 0 Å². The normalized spacial score (nSPS) is 16.7. The van der Waals surface area contributed by atoms with Crippen molar-refractivity contribution in [2.75, 3.05) is 13.2 Å². The fraction of sp³-hybridized carbons (Fsp3) is 0.300. The number of amides is 1. The van der Waals surface area contributed by atoms with Gasteiger partial charge in [0.25, 0.3) is 0 Å². The quantitative estimate of drug-likeness (QED) is 0.821. The number of hydrogen-bond donors (Lipinski definition) is 1. The van der Waals surface area contributed by atoms with Crippen molar-refractivity contribution >= 4 is 5.91 Å². The lowest BCUT2D eigenvalue weighted by Gasteiger charge is -2.35. The second kappa shape index (κ2) is 7.82. The maximum absolute atomic E-state index is 11.8. The van der Waals surface area contributed by atoms with Gasteiger partial charge in [-0.25, -0.2) is 0 Å². The van der Waals surface area contributed by atoms with Crippen LogP contribution < -0.4 is 10.5 Å². The lowest BCUT2D eigenvalue weighted by atomic mass is 9.93. The standard InChI is InChI=1S/C20H21N3O2/c21-13-15-6-8-18(9-7-15)25-11-3-10-23-14-17-5-2-1-4-16(17)12-19(23)20(22)24/h1-2,4-9,19H,3,10-12,14H2,(H2,22,24)/t19-/m0/s1. The zero-order chi connectivity index (χ0) is 17.6. The number of nitriles is 1.